The van der Waals surface area contributed by atoms with Crippen LogP contribution in [0.25, 0.3) is 0 Å². The highest BCUT2D eigenvalue weighted by Gasteiger charge is 2.20. The lowest BCUT2D eigenvalue weighted by molar-refractivity contribution is -0.156. The van der Waals surface area contributed by atoms with Crippen LogP contribution in [-0.4, -0.2) is 18.0 Å². The van der Waals surface area contributed by atoms with Gasteiger partial charge in [-0.05, 0) is 24.0 Å². The minimum atomic E-state index is -0.490. The van der Waals surface area contributed by atoms with E-state index in [0.29, 0.717) is 0 Å². The molecule has 2 aromatic rings. The largest absolute Gasteiger partial charge is 0.462 e. The maximum absolute atomic E-state index is 12.3. The van der Waals surface area contributed by atoms with Gasteiger partial charge in [0.2, 0.25) is 0 Å². The second-order valence-electron chi connectivity index (χ2n) is 6.63. The number of ether oxygens (including phenoxy) is 2. The Bertz CT molecular complexity index is 655. The van der Waals surface area contributed by atoms with Crippen LogP contribution in [0.5, 0.6) is 0 Å². The lowest BCUT2D eigenvalue weighted by Gasteiger charge is -2.19. The van der Waals surface area contributed by atoms with Crippen LogP contribution in [-0.2, 0) is 19.1 Å². The number of hydrogen-bond acceptors (Lipinski definition) is 4. The molecule has 1 atom stereocenters. The van der Waals surface area contributed by atoms with E-state index in [1.54, 1.807) is 0 Å². The highest BCUT2D eigenvalue weighted by molar-refractivity contribution is 5.78. The van der Waals surface area contributed by atoms with Crippen LogP contribution in [0.4, 0.5) is 0 Å². The van der Waals surface area contributed by atoms with Gasteiger partial charge >= 0.3 is 11.9 Å². The minimum Gasteiger partial charge on any atom is -0.462 e. The fraction of sp³-hybridized carbons (Fsp3) is 0.364. The summed E-state index contributed by atoms with van der Waals surface area (Å²) in [6.45, 7) is 5.81. The second-order valence-corrected chi connectivity index (χ2v) is 6.63. The molecule has 0 radical (unpaired) electrons. The average Bonchev–Trinajstić information content (AvgIpc) is 2.65. The molecule has 0 aliphatic rings. The number of carbonyl (C=O) groups is 2. The normalized spacial score (nSPS) is 12.0. The van der Waals surface area contributed by atoms with Gasteiger partial charge in [0.05, 0.1) is 12.8 Å². The quantitative estimate of drug-likeness (QED) is 0.646. The van der Waals surface area contributed by atoms with Crippen molar-refractivity contribution in [3.63, 3.8) is 0 Å². The molecule has 0 aliphatic carbocycles. The summed E-state index contributed by atoms with van der Waals surface area (Å²) in [6, 6.07) is 19.1. The van der Waals surface area contributed by atoms with E-state index >= 15 is 0 Å². The predicted molar refractivity (Wildman–Crippen MR) is 100 cm³/mol. The Kier molecular flexibility index (Phi) is 7.39. The van der Waals surface area contributed by atoms with E-state index in [0.717, 1.165) is 11.1 Å². The summed E-state index contributed by atoms with van der Waals surface area (Å²) in [6.07, 6.45) is -0.637. The van der Waals surface area contributed by atoms with Gasteiger partial charge in [-0.25, -0.2) is 0 Å². The van der Waals surface area contributed by atoms with Crippen molar-refractivity contribution in [1.82, 2.24) is 0 Å². The van der Waals surface area contributed by atoms with E-state index in [2.05, 4.69) is 0 Å². The zero-order valence-electron chi connectivity index (χ0n) is 15.6. The Labute approximate surface area is 155 Å². The maximum atomic E-state index is 12.3. The van der Waals surface area contributed by atoms with Crippen LogP contribution in [0.1, 0.15) is 50.8 Å². The van der Waals surface area contributed by atoms with Crippen molar-refractivity contribution in [3.8, 4) is 0 Å². The van der Waals surface area contributed by atoms with Crippen LogP contribution >= 0.6 is 0 Å². The fourth-order valence-electron chi connectivity index (χ4n) is 2.38. The van der Waals surface area contributed by atoms with Crippen molar-refractivity contribution >= 4 is 11.9 Å². The SMILES string of the molecule is CC(C)C(C)OC(=O)CCC(=O)OC(c1ccccc1)c1ccccc1. The van der Waals surface area contributed by atoms with Gasteiger partial charge in [-0.15, -0.1) is 0 Å². The third-order valence-corrected chi connectivity index (χ3v) is 4.24. The number of benzene rings is 2. The molecule has 4 heteroatoms. The van der Waals surface area contributed by atoms with Crippen molar-refractivity contribution in [2.45, 2.75) is 45.8 Å². The number of esters is 2. The van der Waals surface area contributed by atoms with Gasteiger partial charge in [-0.2, -0.15) is 0 Å². The first-order valence-electron chi connectivity index (χ1n) is 8.96. The summed E-state index contributed by atoms with van der Waals surface area (Å²) >= 11 is 0. The van der Waals surface area contributed by atoms with Gasteiger partial charge in [0.25, 0.3) is 0 Å². The third kappa shape index (κ3) is 6.03. The molecule has 0 amide bonds. The Morgan fingerprint density at radius 1 is 0.731 bits per heavy atom. The molecule has 0 aromatic heterocycles. The molecule has 0 heterocycles. The molecular weight excluding hydrogens is 328 g/mol. The molecule has 0 fully saturated rings. The molecule has 0 spiro atoms. The zero-order chi connectivity index (χ0) is 18.9. The standard InChI is InChI=1S/C22H26O4/c1-16(2)17(3)25-20(23)14-15-21(24)26-22(18-10-6-4-7-11-18)19-12-8-5-9-13-19/h4-13,16-17,22H,14-15H2,1-3H3. The lowest BCUT2D eigenvalue weighted by Crippen LogP contribution is -2.21. The van der Waals surface area contributed by atoms with E-state index < -0.39 is 12.1 Å². The monoisotopic (exact) mass is 354 g/mol. The molecule has 4 nitrogen and oxygen atoms in total. The van der Waals surface area contributed by atoms with Gasteiger partial charge in [0.1, 0.15) is 6.10 Å². The molecule has 138 valence electrons. The minimum absolute atomic E-state index is 0.000183. The van der Waals surface area contributed by atoms with Crippen molar-refractivity contribution in [1.29, 1.82) is 0 Å². The topological polar surface area (TPSA) is 52.6 Å². The first-order valence-corrected chi connectivity index (χ1v) is 8.96. The van der Waals surface area contributed by atoms with Crippen LogP contribution < -0.4 is 0 Å². The van der Waals surface area contributed by atoms with Gasteiger partial charge in [0.15, 0.2) is 6.10 Å². The summed E-state index contributed by atoms with van der Waals surface area (Å²) in [7, 11) is 0. The predicted octanol–water partition coefficient (Wildman–Crippen LogP) is 4.69. The molecular formula is C22H26O4. The molecule has 1 unspecified atom stereocenters. The fourth-order valence-corrected chi connectivity index (χ4v) is 2.38. The van der Waals surface area contributed by atoms with Crippen molar-refractivity contribution in [2.24, 2.45) is 5.92 Å². The van der Waals surface area contributed by atoms with E-state index in [-0.39, 0.29) is 30.8 Å². The van der Waals surface area contributed by atoms with Gasteiger partial charge < -0.3 is 9.47 Å². The highest BCUT2D eigenvalue weighted by Crippen LogP contribution is 2.26. The van der Waals surface area contributed by atoms with E-state index in [1.165, 1.54) is 0 Å². The molecule has 26 heavy (non-hydrogen) atoms. The first kappa shape index (κ1) is 19.7. The van der Waals surface area contributed by atoms with Crippen molar-refractivity contribution < 1.29 is 19.1 Å². The van der Waals surface area contributed by atoms with E-state index in [1.807, 2.05) is 81.4 Å². The van der Waals surface area contributed by atoms with Crippen LogP contribution in [0.3, 0.4) is 0 Å². The van der Waals surface area contributed by atoms with Gasteiger partial charge in [-0.3, -0.25) is 9.59 Å². The number of hydrogen-bond donors (Lipinski definition) is 0. The van der Waals surface area contributed by atoms with Crippen LogP contribution in [0.15, 0.2) is 60.7 Å². The molecule has 2 rings (SSSR count). The Morgan fingerprint density at radius 3 is 1.58 bits per heavy atom. The van der Waals surface area contributed by atoms with Gasteiger partial charge in [-0.1, -0.05) is 74.5 Å². The highest BCUT2D eigenvalue weighted by atomic mass is 16.6. The van der Waals surface area contributed by atoms with Crippen LogP contribution in [0, 0.1) is 5.92 Å². The molecule has 0 bridgehead atoms. The van der Waals surface area contributed by atoms with E-state index in [4.69, 9.17) is 9.47 Å². The maximum Gasteiger partial charge on any atom is 0.307 e. The van der Waals surface area contributed by atoms with Crippen LogP contribution in [0.2, 0.25) is 0 Å². The Balaban J connectivity index is 1.98. The van der Waals surface area contributed by atoms with Crippen molar-refractivity contribution in [3.05, 3.63) is 71.8 Å². The molecule has 0 saturated carbocycles. The zero-order valence-corrected chi connectivity index (χ0v) is 15.6. The average molecular weight is 354 g/mol. The van der Waals surface area contributed by atoms with Gasteiger partial charge in [0, 0.05) is 0 Å². The summed E-state index contributed by atoms with van der Waals surface area (Å²) in [5.74, 6) is -0.553. The Hall–Kier alpha value is -2.62. The number of rotatable bonds is 8. The first-order chi connectivity index (χ1) is 12.5. The van der Waals surface area contributed by atoms with Crippen molar-refractivity contribution in [2.75, 3.05) is 0 Å². The Morgan fingerprint density at radius 2 is 1.15 bits per heavy atom. The lowest BCUT2D eigenvalue weighted by atomic mass is 10.0. The molecule has 0 saturated heterocycles. The van der Waals surface area contributed by atoms with E-state index in [9.17, 15) is 9.59 Å². The summed E-state index contributed by atoms with van der Waals surface area (Å²) < 4.78 is 11.0. The molecule has 2 aromatic carbocycles. The summed E-state index contributed by atoms with van der Waals surface area (Å²) in [5.41, 5.74) is 1.78. The summed E-state index contributed by atoms with van der Waals surface area (Å²) in [5, 5.41) is 0. The second kappa shape index (κ2) is 9.76. The molecule has 0 aliphatic heterocycles. The molecule has 0 N–H and O–H groups in total. The number of carbonyl (C=O) groups excluding carboxylic acids is 2. The third-order valence-electron chi connectivity index (χ3n) is 4.24. The summed E-state index contributed by atoms with van der Waals surface area (Å²) in [4.78, 5) is 24.2. The smallest absolute Gasteiger partial charge is 0.307 e.